The van der Waals surface area contributed by atoms with E-state index in [1.165, 1.54) is 0 Å². The van der Waals surface area contributed by atoms with Crippen LogP contribution in [-0.4, -0.2) is 15.9 Å². The molecule has 5 nitrogen and oxygen atoms in total. The first-order valence-corrected chi connectivity index (χ1v) is 7.74. The van der Waals surface area contributed by atoms with Gasteiger partial charge in [0.05, 0.1) is 12.6 Å². The lowest BCUT2D eigenvalue weighted by Gasteiger charge is -2.08. The van der Waals surface area contributed by atoms with Crippen LogP contribution in [0.4, 0.5) is 10.2 Å². The fraction of sp³-hybridized carbons (Fsp3) is 0.105. The molecule has 3 aromatic rings. The zero-order valence-electron chi connectivity index (χ0n) is 13.4. The van der Waals surface area contributed by atoms with Crippen LogP contribution < -0.4 is 10.1 Å². The molecule has 0 saturated heterocycles. The fourth-order valence-electron chi connectivity index (χ4n) is 2.19. The van der Waals surface area contributed by atoms with Crippen LogP contribution in [0.5, 0.6) is 6.01 Å². The van der Waals surface area contributed by atoms with Crippen molar-refractivity contribution in [2.24, 2.45) is 0 Å². The Hall–Kier alpha value is -3.28. The number of nitrogens with zero attached hydrogens (tertiary/aromatic N) is 2. The molecule has 0 fully saturated rings. The minimum atomic E-state index is -0.714. The minimum absolute atomic E-state index is 0.000245. The van der Waals surface area contributed by atoms with Crippen molar-refractivity contribution in [3.05, 3.63) is 83.8 Å². The zero-order valence-corrected chi connectivity index (χ0v) is 13.4. The van der Waals surface area contributed by atoms with Gasteiger partial charge in [0.15, 0.2) is 11.6 Å². The summed E-state index contributed by atoms with van der Waals surface area (Å²) in [5, 5.41) is 2.45. The number of anilines is 1. The van der Waals surface area contributed by atoms with E-state index in [-0.39, 0.29) is 30.8 Å². The highest BCUT2D eigenvalue weighted by molar-refractivity contribution is 5.91. The second-order valence-electron chi connectivity index (χ2n) is 5.33. The maximum absolute atomic E-state index is 13.8. The first kappa shape index (κ1) is 16.6. The summed E-state index contributed by atoms with van der Waals surface area (Å²) in [7, 11) is 0. The highest BCUT2D eigenvalue weighted by atomic mass is 19.1. The van der Waals surface area contributed by atoms with Crippen molar-refractivity contribution in [1.29, 1.82) is 0 Å². The molecule has 0 atom stereocenters. The standard InChI is InChI=1S/C19H16FN3O2/c20-16-12-21-19(25-13-15-9-5-2-6-10-15)23-18(16)22-17(24)11-14-7-3-1-4-8-14/h1-10,12H,11,13H2,(H,21,22,23,24). The van der Waals surface area contributed by atoms with Crippen LogP contribution in [0, 0.1) is 5.82 Å². The summed E-state index contributed by atoms with van der Waals surface area (Å²) < 4.78 is 19.3. The van der Waals surface area contributed by atoms with Crippen LogP contribution in [0.1, 0.15) is 11.1 Å². The van der Waals surface area contributed by atoms with Gasteiger partial charge < -0.3 is 10.1 Å². The van der Waals surface area contributed by atoms with E-state index in [9.17, 15) is 9.18 Å². The highest BCUT2D eigenvalue weighted by Gasteiger charge is 2.12. The summed E-state index contributed by atoms with van der Waals surface area (Å²) >= 11 is 0. The predicted octanol–water partition coefficient (Wildman–Crippen LogP) is 3.38. The number of nitrogens with one attached hydrogen (secondary N) is 1. The molecule has 0 unspecified atom stereocenters. The number of benzene rings is 2. The van der Waals surface area contributed by atoms with E-state index in [2.05, 4.69) is 15.3 Å². The second-order valence-corrected chi connectivity index (χ2v) is 5.33. The molecule has 1 heterocycles. The van der Waals surface area contributed by atoms with Gasteiger partial charge in [0.2, 0.25) is 5.91 Å². The topological polar surface area (TPSA) is 64.1 Å². The summed E-state index contributed by atoms with van der Waals surface area (Å²) in [6.45, 7) is 0.254. The number of hydrogen-bond acceptors (Lipinski definition) is 4. The van der Waals surface area contributed by atoms with Gasteiger partial charge in [0.25, 0.3) is 0 Å². The van der Waals surface area contributed by atoms with Crippen LogP contribution in [0.3, 0.4) is 0 Å². The van der Waals surface area contributed by atoms with E-state index >= 15 is 0 Å². The molecule has 0 aliphatic carbocycles. The molecule has 0 saturated carbocycles. The normalized spacial score (nSPS) is 10.3. The van der Waals surface area contributed by atoms with Gasteiger partial charge in [-0.1, -0.05) is 60.7 Å². The lowest BCUT2D eigenvalue weighted by molar-refractivity contribution is -0.115. The summed E-state index contributed by atoms with van der Waals surface area (Å²) in [5.41, 5.74) is 1.76. The predicted molar refractivity (Wildman–Crippen MR) is 91.5 cm³/mol. The number of halogens is 1. The van der Waals surface area contributed by atoms with Crippen LogP contribution in [0.25, 0.3) is 0 Å². The molecule has 1 N–H and O–H groups in total. The van der Waals surface area contributed by atoms with Gasteiger partial charge in [0.1, 0.15) is 6.61 Å². The third kappa shape index (κ3) is 4.84. The van der Waals surface area contributed by atoms with Crippen LogP contribution in [0.2, 0.25) is 0 Å². The Morgan fingerprint density at radius 3 is 2.32 bits per heavy atom. The molecular formula is C19H16FN3O2. The van der Waals surface area contributed by atoms with E-state index in [4.69, 9.17) is 4.74 Å². The average Bonchev–Trinajstić information content (AvgIpc) is 2.64. The maximum Gasteiger partial charge on any atom is 0.318 e. The van der Waals surface area contributed by atoms with Gasteiger partial charge in [-0.15, -0.1) is 0 Å². The van der Waals surface area contributed by atoms with E-state index in [0.29, 0.717) is 0 Å². The van der Waals surface area contributed by atoms with Gasteiger partial charge in [-0.2, -0.15) is 4.98 Å². The zero-order chi connectivity index (χ0) is 17.5. The smallest absolute Gasteiger partial charge is 0.318 e. The van der Waals surface area contributed by atoms with Gasteiger partial charge >= 0.3 is 6.01 Å². The summed E-state index contributed by atoms with van der Waals surface area (Å²) in [4.78, 5) is 19.8. The van der Waals surface area contributed by atoms with Crippen molar-refractivity contribution in [2.45, 2.75) is 13.0 Å². The Balaban J connectivity index is 1.64. The number of carbonyl (C=O) groups excluding carboxylic acids is 1. The maximum atomic E-state index is 13.8. The summed E-state index contributed by atoms with van der Waals surface area (Å²) in [6, 6.07) is 18.7. The molecule has 25 heavy (non-hydrogen) atoms. The molecular weight excluding hydrogens is 321 g/mol. The average molecular weight is 337 g/mol. The molecule has 0 radical (unpaired) electrons. The molecule has 126 valence electrons. The quantitative estimate of drug-likeness (QED) is 0.749. The Bertz CT molecular complexity index is 842. The second kappa shape index (κ2) is 8.01. The van der Waals surface area contributed by atoms with E-state index in [1.807, 2.05) is 60.7 Å². The van der Waals surface area contributed by atoms with Gasteiger partial charge in [0, 0.05) is 0 Å². The van der Waals surface area contributed by atoms with Crippen LogP contribution in [0.15, 0.2) is 66.9 Å². The first-order valence-electron chi connectivity index (χ1n) is 7.74. The van der Waals surface area contributed by atoms with Gasteiger partial charge in [-0.05, 0) is 11.1 Å². The monoisotopic (exact) mass is 337 g/mol. The lowest BCUT2D eigenvalue weighted by atomic mass is 10.1. The highest BCUT2D eigenvalue weighted by Crippen LogP contribution is 2.15. The van der Waals surface area contributed by atoms with Crippen molar-refractivity contribution < 1.29 is 13.9 Å². The van der Waals surface area contributed by atoms with Gasteiger partial charge in [-0.3, -0.25) is 4.79 Å². The molecule has 3 rings (SSSR count). The SMILES string of the molecule is O=C(Cc1ccccc1)Nc1nc(OCc2ccccc2)ncc1F. The fourth-order valence-corrected chi connectivity index (χ4v) is 2.19. The number of amides is 1. The van der Waals surface area contributed by atoms with Crippen molar-refractivity contribution >= 4 is 11.7 Å². The Kier molecular flexibility index (Phi) is 5.31. The molecule has 0 bridgehead atoms. The lowest BCUT2D eigenvalue weighted by Crippen LogP contribution is -2.17. The van der Waals surface area contributed by atoms with Crippen LogP contribution in [-0.2, 0) is 17.8 Å². The number of carbonyl (C=O) groups is 1. The first-order chi connectivity index (χ1) is 12.2. The molecule has 1 aromatic heterocycles. The van der Waals surface area contributed by atoms with Gasteiger partial charge in [-0.25, -0.2) is 9.37 Å². The molecule has 2 aromatic carbocycles. The molecule has 0 aliphatic rings. The number of aromatic nitrogens is 2. The third-order valence-corrected chi connectivity index (χ3v) is 3.40. The number of ether oxygens (including phenoxy) is 1. The Morgan fingerprint density at radius 2 is 1.64 bits per heavy atom. The number of hydrogen-bond donors (Lipinski definition) is 1. The summed E-state index contributed by atoms with van der Waals surface area (Å²) in [6.07, 6.45) is 1.11. The van der Waals surface area contributed by atoms with E-state index in [1.54, 1.807) is 0 Å². The van der Waals surface area contributed by atoms with Crippen LogP contribution >= 0.6 is 0 Å². The van der Waals surface area contributed by atoms with E-state index < -0.39 is 5.82 Å². The molecule has 0 spiro atoms. The summed E-state index contributed by atoms with van der Waals surface area (Å²) in [5.74, 6) is -1.27. The number of rotatable bonds is 6. The largest absolute Gasteiger partial charge is 0.459 e. The van der Waals surface area contributed by atoms with Crippen molar-refractivity contribution in [2.75, 3.05) is 5.32 Å². The minimum Gasteiger partial charge on any atom is -0.459 e. The Labute approximate surface area is 144 Å². The van der Waals surface area contributed by atoms with E-state index in [0.717, 1.165) is 17.3 Å². The van der Waals surface area contributed by atoms with Crippen molar-refractivity contribution in [3.63, 3.8) is 0 Å². The third-order valence-electron chi connectivity index (χ3n) is 3.40. The van der Waals surface area contributed by atoms with Crippen molar-refractivity contribution in [3.8, 4) is 6.01 Å². The molecule has 6 heteroatoms. The van der Waals surface area contributed by atoms with Crippen molar-refractivity contribution in [1.82, 2.24) is 9.97 Å². The molecule has 1 amide bonds. The Morgan fingerprint density at radius 1 is 1.00 bits per heavy atom. The molecule has 0 aliphatic heterocycles.